The van der Waals surface area contributed by atoms with Gasteiger partial charge in [0, 0.05) is 22.9 Å². The summed E-state index contributed by atoms with van der Waals surface area (Å²) in [4.78, 5) is 8.28. The van der Waals surface area contributed by atoms with Crippen LogP contribution >= 0.6 is 0 Å². The fourth-order valence-corrected chi connectivity index (χ4v) is 3.87. The topological polar surface area (TPSA) is 83.9 Å². The van der Waals surface area contributed by atoms with Crippen LogP contribution in [-0.4, -0.2) is 32.9 Å². The Morgan fingerprint density at radius 3 is 2.74 bits per heavy atom. The quantitative estimate of drug-likeness (QED) is 0.544. The largest absolute Gasteiger partial charge is 0.569 e. The highest BCUT2D eigenvalue weighted by molar-refractivity contribution is 6.17. The molecule has 0 bridgehead atoms. The number of imidazole rings is 1. The second-order valence-corrected chi connectivity index (χ2v) is 7.01. The molecule has 1 fully saturated rings. The van der Waals surface area contributed by atoms with E-state index < -0.39 is 0 Å². The average molecular weight is 357 g/mol. The van der Waals surface area contributed by atoms with Crippen molar-refractivity contribution in [3.63, 3.8) is 0 Å². The molecule has 1 radical (unpaired) electrons. The third-order valence-corrected chi connectivity index (χ3v) is 5.29. The Balaban J connectivity index is 1.51. The highest BCUT2D eigenvalue weighted by Crippen LogP contribution is 2.34. The number of benzene rings is 2. The van der Waals surface area contributed by atoms with Crippen molar-refractivity contribution in [1.82, 2.24) is 20.2 Å². The molecule has 7 heteroatoms. The van der Waals surface area contributed by atoms with Crippen molar-refractivity contribution in [1.29, 1.82) is 0 Å². The number of aromatic nitrogens is 4. The lowest BCUT2D eigenvalue weighted by Gasteiger charge is -2.05. The summed E-state index contributed by atoms with van der Waals surface area (Å²) >= 11 is 0. The van der Waals surface area contributed by atoms with Crippen molar-refractivity contribution in [2.45, 2.75) is 31.6 Å². The van der Waals surface area contributed by atoms with Crippen molar-refractivity contribution in [3.8, 4) is 17.0 Å². The molecule has 27 heavy (non-hydrogen) atoms. The van der Waals surface area contributed by atoms with E-state index in [9.17, 15) is 0 Å². The Hall–Kier alpha value is -2.93. The highest BCUT2D eigenvalue weighted by Gasteiger charge is 2.20. The van der Waals surface area contributed by atoms with Crippen LogP contribution in [0.3, 0.4) is 0 Å². The number of hydrogen-bond donors (Lipinski definition) is 2. The first-order valence-corrected chi connectivity index (χ1v) is 9.20. The van der Waals surface area contributed by atoms with E-state index in [2.05, 4.69) is 21.2 Å². The number of nitrogens with one attached hydrogen (secondary N) is 1. The van der Waals surface area contributed by atoms with E-state index in [1.54, 1.807) is 12.1 Å². The van der Waals surface area contributed by atoms with Gasteiger partial charge in [-0.1, -0.05) is 18.9 Å². The van der Waals surface area contributed by atoms with Crippen LogP contribution in [0.5, 0.6) is 5.75 Å². The van der Waals surface area contributed by atoms with Crippen molar-refractivity contribution in [3.05, 3.63) is 48.3 Å². The van der Waals surface area contributed by atoms with Crippen molar-refractivity contribution in [2.24, 2.45) is 0 Å². The smallest absolute Gasteiger partial charge is 0.537 e. The summed E-state index contributed by atoms with van der Waals surface area (Å²) in [6, 6.07) is 13.6. The predicted octanol–water partition coefficient (Wildman–Crippen LogP) is 3.74. The molecule has 0 amide bonds. The number of nitrogens with zero attached hydrogens (tertiary/aromatic N) is 3. The molecule has 2 aromatic heterocycles. The summed E-state index contributed by atoms with van der Waals surface area (Å²) in [6.07, 6.45) is 5.04. The molecule has 1 saturated carbocycles. The maximum Gasteiger partial charge on any atom is 0.569 e. The standard InChI is InChI=1S/C20H18BN4O2/c26-21-27-15-7-5-13-9-17(24-25-18(13)11-15)14-6-8-16-19(10-14)23-20(22-16)12-3-1-2-4-12/h5-12,26H,1-4H2,(H,22,23). The number of hydrogen-bond acceptors (Lipinski definition) is 5. The molecule has 2 N–H and O–H groups in total. The van der Waals surface area contributed by atoms with E-state index >= 15 is 0 Å². The van der Waals surface area contributed by atoms with E-state index in [0.717, 1.165) is 33.5 Å². The van der Waals surface area contributed by atoms with Crippen LogP contribution in [0.15, 0.2) is 42.5 Å². The normalized spacial score (nSPS) is 14.9. The van der Waals surface area contributed by atoms with Crippen molar-refractivity contribution < 1.29 is 9.68 Å². The molecular weight excluding hydrogens is 339 g/mol. The van der Waals surface area contributed by atoms with Gasteiger partial charge in [-0.2, -0.15) is 0 Å². The molecule has 133 valence electrons. The van der Waals surface area contributed by atoms with Crippen LogP contribution in [-0.2, 0) is 0 Å². The minimum absolute atomic E-state index is 0.519. The van der Waals surface area contributed by atoms with Crippen LogP contribution < -0.4 is 4.65 Å². The molecule has 2 heterocycles. The second-order valence-electron chi connectivity index (χ2n) is 7.01. The summed E-state index contributed by atoms with van der Waals surface area (Å²) in [6.45, 7) is 0. The predicted molar refractivity (Wildman–Crippen MR) is 104 cm³/mol. The van der Waals surface area contributed by atoms with Crippen LogP contribution in [0.2, 0.25) is 0 Å². The Labute approximate surface area is 156 Å². The van der Waals surface area contributed by atoms with Gasteiger partial charge in [0.05, 0.1) is 22.2 Å². The molecular formula is C20H18BN4O2. The van der Waals surface area contributed by atoms with Gasteiger partial charge < -0.3 is 14.7 Å². The average Bonchev–Trinajstić information content (AvgIpc) is 3.36. The molecule has 1 aliphatic rings. The van der Waals surface area contributed by atoms with Gasteiger partial charge in [-0.15, -0.1) is 10.2 Å². The minimum Gasteiger partial charge on any atom is -0.537 e. The van der Waals surface area contributed by atoms with Crippen molar-refractivity contribution in [2.75, 3.05) is 0 Å². The Morgan fingerprint density at radius 1 is 1.00 bits per heavy atom. The van der Waals surface area contributed by atoms with Gasteiger partial charge >= 0.3 is 7.69 Å². The van der Waals surface area contributed by atoms with Gasteiger partial charge in [-0.3, -0.25) is 0 Å². The number of fused-ring (bicyclic) bond motifs is 2. The Morgan fingerprint density at radius 2 is 1.89 bits per heavy atom. The van der Waals surface area contributed by atoms with Crippen LogP contribution in [0.1, 0.15) is 37.4 Å². The molecule has 1 aliphatic carbocycles. The van der Waals surface area contributed by atoms with E-state index in [-0.39, 0.29) is 0 Å². The summed E-state index contributed by atoms with van der Waals surface area (Å²) in [7, 11) is 0.655. The molecule has 2 aromatic carbocycles. The molecule has 0 aliphatic heterocycles. The highest BCUT2D eigenvalue weighted by atomic mass is 16.5. The second kappa shape index (κ2) is 6.66. The molecule has 5 rings (SSSR count). The minimum atomic E-state index is 0.519. The van der Waals surface area contributed by atoms with Crippen LogP contribution in [0.25, 0.3) is 33.2 Å². The first-order valence-electron chi connectivity index (χ1n) is 9.20. The Kier molecular flexibility index (Phi) is 4.01. The summed E-state index contributed by atoms with van der Waals surface area (Å²) in [5, 5.41) is 18.4. The van der Waals surface area contributed by atoms with E-state index in [1.165, 1.54) is 25.7 Å². The zero-order chi connectivity index (χ0) is 18.2. The van der Waals surface area contributed by atoms with Crippen LogP contribution in [0.4, 0.5) is 0 Å². The number of H-pyrrole nitrogens is 1. The van der Waals surface area contributed by atoms with Gasteiger partial charge in [0.15, 0.2) is 0 Å². The van der Waals surface area contributed by atoms with E-state index in [0.29, 0.717) is 24.9 Å². The maximum absolute atomic E-state index is 8.75. The van der Waals surface area contributed by atoms with Gasteiger partial charge in [0.1, 0.15) is 11.6 Å². The lowest BCUT2D eigenvalue weighted by Crippen LogP contribution is -1.99. The third-order valence-electron chi connectivity index (χ3n) is 5.29. The molecule has 0 spiro atoms. The molecule has 0 unspecified atom stereocenters. The molecule has 4 aromatic rings. The Bertz CT molecular complexity index is 1120. The van der Waals surface area contributed by atoms with Gasteiger partial charge in [-0.25, -0.2) is 4.98 Å². The SMILES string of the molecule is O[B]Oc1ccc2cc(-c3ccc4nc(C5CCCC5)[nH]c4c3)nnc2c1. The lowest BCUT2D eigenvalue weighted by atomic mass is 10.1. The lowest BCUT2D eigenvalue weighted by molar-refractivity contribution is 0.454. The monoisotopic (exact) mass is 357 g/mol. The molecule has 0 saturated heterocycles. The maximum atomic E-state index is 8.75. The number of rotatable bonds is 4. The fourth-order valence-electron chi connectivity index (χ4n) is 3.87. The van der Waals surface area contributed by atoms with Crippen molar-refractivity contribution >= 4 is 29.6 Å². The zero-order valence-corrected chi connectivity index (χ0v) is 14.7. The van der Waals surface area contributed by atoms with Crippen LogP contribution in [0, 0.1) is 0 Å². The molecule has 6 nitrogen and oxygen atoms in total. The first kappa shape index (κ1) is 16.3. The number of aromatic amines is 1. The third kappa shape index (κ3) is 3.04. The summed E-state index contributed by atoms with van der Waals surface area (Å²) in [5.74, 6) is 2.19. The van der Waals surface area contributed by atoms with E-state index in [4.69, 9.17) is 14.7 Å². The fraction of sp³-hybridized carbons (Fsp3) is 0.250. The first-order chi connectivity index (χ1) is 13.3. The summed E-state index contributed by atoms with van der Waals surface area (Å²) in [5.41, 5.74) is 4.56. The summed E-state index contributed by atoms with van der Waals surface area (Å²) < 4.78 is 4.97. The van der Waals surface area contributed by atoms with Gasteiger partial charge in [0.25, 0.3) is 0 Å². The van der Waals surface area contributed by atoms with E-state index in [1.807, 2.05) is 24.3 Å². The van der Waals surface area contributed by atoms with Gasteiger partial charge in [-0.05, 0) is 43.2 Å². The van der Waals surface area contributed by atoms with Gasteiger partial charge in [0.2, 0.25) is 0 Å². The zero-order valence-electron chi connectivity index (χ0n) is 14.7. The molecule has 0 atom stereocenters.